The second-order valence-electron chi connectivity index (χ2n) is 5.78. The van der Waals surface area contributed by atoms with Crippen molar-refractivity contribution in [2.24, 2.45) is 0 Å². The number of morpholine rings is 1. The maximum atomic E-state index is 13.8. The molecule has 0 saturated carbocycles. The molecule has 0 radical (unpaired) electrons. The Bertz CT molecular complexity index is 643. The summed E-state index contributed by atoms with van der Waals surface area (Å²) in [6.45, 7) is 2.94. The maximum absolute atomic E-state index is 13.8. The van der Waals surface area contributed by atoms with Crippen LogP contribution in [0.5, 0.6) is 0 Å². The molecule has 24 heavy (non-hydrogen) atoms. The monoisotopic (exact) mass is 332 g/mol. The van der Waals surface area contributed by atoms with E-state index in [0.717, 1.165) is 0 Å². The number of nitrogens with zero attached hydrogens (tertiary/aromatic N) is 3. The Balaban J connectivity index is 1.51. The third-order valence-electron chi connectivity index (χ3n) is 4.00. The van der Waals surface area contributed by atoms with E-state index in [1.54, 1.807) is 24.4 Å². The predicted molar refractivity (Wildman–Crippen MR) is 88.1 cm³/mol. The van der Waals surface area contributed by atoms with Crippen LogP contribution in [-0.2, 0) is 4.74 Å². The molecule has 3 rings (SSSR count). The number of nitrogens with one attached hydrogen (secondary N) is 1. The number of β-amino-alcohol motifs (C(OH)–C–C–N with tert-alkyl or cyclic N) is 1. The highest BCUT2D eigenvalue weighted by atomic mass is 19.1. The maximum Gasteiger partial charge on any atom is 0.148 e. The molecule has 0 unspecified atom stereocenters. The minimum Gasteiger partial charge on any atom is -0.387 e. The van der Waals surface area contributed by atoms with Crippen molar-refractivity contribution in [2.75, 3.05) is 38.1 Å². The van der Waals surface area contributed by atoms with E-state index in [1.807, 2.05) is 12.1 Å². The summed E-state index contributed by atoms with van der Waals surface area (Å²) in [5.41, 5.74) is 0.332. The second-order valence-corrected chi connectivity index (χ2v) is 5.78. The summed E-state index contributed by atoms with van der Waals surface area (Å²) < 4.78 is 19.5. The summed E-state index contributed by atoms with van der Waals surface area (Å²) >= 11 is 0. The van der Waals surface area contributed by atoms with Gasteiger partial charge in [-0.15, -0.1) is 5.10 Å². The van der Waals surface area contributed by atoms with E-state index in [1.165, 1.54) is 6.07 Å². The van der Waals surface area contributed by atoms with Crippen molar-refractivity contribution in [3.63, 3.8) is 0 Å². The van der Waals surface area contributed by atoms with Crippen LogP contribution in [-0.4, -0.2) is 59.1 Å². The zero-order chi connectivity index (χ0) is 16.8. The van der Waals surface area contributed by atoms with Gasteiger partial charge in [0.05, 0.1) is 18.8 Å². The zero-order valence-electron chi connectivity index (χ0n) is 13.3. The summed E-state index contributed by atoms with van der Waals surface area (Å²) in [7, 11) is 0. The highest BCUT2D eigenvalue weighted by Gasteiger charge is 2.23. The molecular weight excluding hydrogens is 311 g/mol. The van der Waals surface area contributed by atoms with Gasteiger partial charge in [-0.1, -0.05) is 18.2 Å². The molecule has 1 aliphatic heterocycles. The van der Waals surface area contributed by atoms with Gasteiger partial charge >= 0.3 is 0 Å². The first kappa shape index (κ1) is 16.8. The topological polar surface area (TPSA) is 70.5 Å². The molecule has 0 bridgehead atoms. The first-order valence-corrected chi connectivity index (χ1v) is 8.00. The van der Waals surface area contributed by atoms with Gasteiger partial charge in [-0.25, -0.2) is 4.39 Å². The van der Waals surface area contributed by atoms with Gasteiger partial charge in [-0.2, -0.15) is 5.10 Å². The van der Waals surface area contributed by atoms with Crippen LogP contribution >= 0.6 is 0 Å². The first-order valence-electron chi connectivity index (χ1n) is 8.00. The zero-order valence-corrected chi connectivity index (χ0v) is 13.3. The molecule has 2 N–H and O–H groups in total. The highest BCUT2D eigenvalue weighted by Crippen LogP contribution is 2.19. The molecule has 6 nitrogen and oxygen atoms in total. The molecule has 7 heteroatoms. The van der Waals surface area contributed by atoms with Gasteiger partial charge in [0.15, 0.2) is 0 Å². The molecule has 2 heterocycles. The van der Waals surface area contributed by atoms with Gasteiger partial charge in [0.1, 0.15) is 11.6 Å². The van der Waals surface area contributed by atoms with Gasteiger partial charge in [0.2, 0.25) is 0 Å². The van der Waals surface area contributed by atoms with E-state index in [4.69, 9.17) is 4.74 Å². The molecule has 128 valence electrons. The van der Waals surface area contributed by atoms with Gasteiger partial charge in [0.25, 0.3) is 0 Å². The Labute approximate surface area is 140 Å². The van der Waals surface area contributed by atoms with Crippen molar-refractivity contribution in [1.29, 1.82) is 0 Å². The number of aliphatic hydroxyl groups is 1. The average Bonchev–Trinajstić information content (AvgIpc) is 2.61. The molecule has 1 saturated heterocycles. The lowest BCUT2D eigenvalue weighted by Gasteiger charge is -2.34. The Morgan fingerprint density at radius 3 is 3.00 bits per heavy atom. The number of anilines is 1. The molecule has 1 aliphatic rings. The fraction of sp³-hybridized carbons (Fsp3) is 0.412. The average molecular weight is 332 g/mol. The molecular formula is C17H21FN4O2. The van der Waals surface area contributed by atoms with Gasteiger partial charge in [-0.3, -0.25) is 4.90 Å². The minimum absolute atomic E-state index is 0.0198. The Kier molecular flexibility index (Phi) is 5.68. The molecule has 1 aromatic heterocycles. The molecule has 0 spiro atoms. The van der Waals surface area contributed by atoms with E-state index >= 15 is 0 Å². The number of aromatic nitrogens is 2. The summed E-state index contributed by atoms with van der Waals surface area (Å²) in [5, 5.41) is 21.3. The summed E-state index contributed by atoms with van der Waals surface area (Å²) in [5.74, 6) is 0.323. The quantitative estimate of drug-likeness (QED) is 0.835. The fourth-order valence-corrected chi connectivity index (χ4v) is 2.77. The lowest BCUT2D eigenvalue weighted by molar-refractivity contribution is -0.0346. The van der Waals surface area contributed by atoms with Crippen LogP contribution in [0.2, 0.25) is 0 Å². The third-order valence-corrected chi connectivity index (χ3v) is 4.00. The van der Waals surface area contributed by atoms with E-state index in [0.29, 0.717) is 44.2 Å². The Morgan fingerprint density at radius 2 is 2.21 bits per heavy atom. The van der Waals surface area contributed by atoms with Crippen molar-refractivity contribution in [2.45, 2.75) is 12.2 Å². The summed E-state index contributed by atoms with van der Waals surface area (Å²) in [6.07, 6.45) is 0.750. The first-order chi connectivity index (χ1) is 11.7. The van der Waals surface area contributed by atoms with Crippen molar-refractivity contribution in [1.82, 2.24) is 15.1 Å². The van der Waals surface area contributed by atoms with Crippen molar-refractivity contribution in [3.05, 3.63) is 54.0 Å². The lowest BCUT2D eigenvalue weighted by atomic mass is 10.1. The number of hydrogen-bond acceptors (Lipinski definition) is 6. The van der Waals surface area contributed by atoms with Crippen LogP contribution in [0, 0.1) is 5.82 Å². The lowest BCUT2D eigenvalue weighted by Crippen LogP contribution is -2.46. The van der Waals surface area contributed by atoms with Crippen LogP contribution in [0.15, 0.2) is 42.6 Å². The standard InChI is InChI=1S/C17H21FN4O2/c18-15-5-2-1-4-14(15)16(23)12-22-8-9-24-13(11-22)10-19-17-6-3-7-20-21-17/h1-7,13,16,23H,8-12H2,(H,19,21)/t13-,16+/m1/s1. The molecule has 0 amide bonds. The van der Waals surface area contributed by atoms with E-state index < -0.39 is 6.10 Å². The number of ether oxygens (including phenoxy) is 1. The number of aliphatic hydroxyl groups excluding tert-OH is 1. The predicted octanol–water partition coefficient (Wildman–Crippen LogP) is 1.46. The highest BCUT2D eigenvalue weighted by molar-refractivity contribution is 5.31. The number of rotatable bonds is 6. The molecule has 2 atom stereocenters. The summed E-state index contributed by atoms with van der Waals surface area (Å²) in [6, 6.07) is 9.99. The number of halogens is 1. The molecule has 1 fully saturated rings. The minimum atomic E-state index is -0.849. The Morgan fingerprint density at radius 1 is 1.33 bits per heavy atom. The second kappa shape index (κ2) is 8.14. The normalized spacial score (nSPS) is 19.8. The SMILES string of the molecule is O[C@@H](CN1CCO[C@H](CNc2cccnn2)C1)c1ccccc1F. The van der Waals surface area contributed by atoms with Crippen LogP contribution in [0.1, 0.15) is 11.7 Å². The van der Waals surface area contributed by atoms with Crippen molar-refractivity contribution < 1.29 is 14.2 Å². The molecule has 1 aromatic carbocycles. The van der Waals surface area contributed by atoms with Crippen molar-refractivity contribution in [3.8, 4) is 0 Å². The largest absolute Gasteiger partial charge is 0.387 e. The van der Waals surface area contributed by atoms with Gasteiger partial charge < -0.3 is 15.2 Å². The number of hydrogen-bond donors (Lipinski definition) is 2. The van der Waals surface area contributed by atoms with E-state index in [9.17, 15) is 9.50 Å². The summed E-state index contributed by atoms with van der Waals surface area (Å²) in [4.78, 5) is 2.09. The van der Waals surface area contributed by atoms with E-state index in [-0.39, 0.29) is 11.9 Å². The van der Waals surface area contributed by atoms with Crippen LogP contribution < -0.4 is 5.32 Å². The Hall–Kier alpha value is -2.09. The van der Waals surface area contributed by atoms with Gasteiger partial charge in [0, 0.05) is 37.9 Å². The van der Waals surface area contributed by atoms with Gasteiger partial charge in [-0.05, 0) is 18.2 Å². The van der Waals surface area contributed by atoms with E-state index in [2.05, 4.69) is 20.4 Å². The third kappa shape index (κ3) is 4.47. The van der Waals surface area contributed by atoms with Crippen molar-refractivity contribution >= 4 is 5.82 Å². The molecule has 0 aliphatic carbocycles. The smallest absolute Gasteiger partial charge is 0.148 e. The number of benzene rings is 1. The van der Waals surface area contributed by atoms with Crippen LogP contribution in [0.25, 0.3) is 0 Å². The molecule has 2 aromatic rings. The fourth-order valence-electron chi connectivity index (χ4n) is 2.77. The van der Waals surface area contributed by atoms with Crippen LogP contribution in [0.3, 0.4) is 0 Å². The van der Waals surface area contributed by atoms with Crippen LogP contribution in [0.4, 0.5) is 10.2 Å².